The Morgan fingerprint density at radius 2 is 2.25 bits per heavy atom. The molecule has 4 unspecified atom stereocenters. The molecule has 1 saturated carbocycles. The summed E-state index contributed by atoms with van der Waals surface area (Å²) in [6.45, 7) is 10.6. The van der Waals surface area contributed by atoms with Crippen LogP contribution in [0.25, 0.3) is 0 Å². The lowest BCUT2D eigenvalue weighted by molar-refractivity contribution is 0.111. The average molecular weight is 220 g/mol. The van der Waals surface area contributed by atoms with Gasteiger partial charge in [-0.2, -0.15) is 0 Å². The van der Waals surface area contributed by atoms with Crippen LogP contribution >= 0.6 is 0 Å². The summed E-state index contributed by atoms with van der Waals surface area (Å²) in [6.07, 6.45) is 6.90. The molecule has 1 nitrogen and oxygen atoms in total. The maximum absolute atomic E-state index is 9.88. The van der Waals surface area contributed by atoms with Crippen LogP contribution in [0.15, 0.2) is 23.8 Å². The van der Waals surface area contributed by atoms with Crippen LogP contribution in [0, 0.1) is 17.3 Å². The van der Waals surface area contributed by atoms with E-state index in [1.807, 2.05) is 0 Å². The first kappa shape index (κ1) is 11.9. The van der Waals surface area contributed by atoms with Gasteiger partial charge in [0.05, 0.1) is 6.10 Å². The van der Waals surface area contributed by atoms with Gasteiger partial charge < -0.3 is 5.11 Å². The summed E-state index contributed by atoms with van der Waals surface area (Å²) in [4.78, 5) is 0. The lowest BCUT2D eigenvalue weighted by atomic mass is 9.67. The van der Waals surface area contributed by atoms with E-state index < -0.39 is 0 Å². The van der Waals surface area contributed by atoms with Crippen molar-refractivity contribution in [2.45, 2.75) is 52.6 Å². The zero-order valence-electron chi connectivity index (χ0n) is 10.8. The molecule has 0 aromatic heterocycles. The molecular weight excluding hydrogens is 196 g/mol. The number of hydrogen-bond acceptors (Lipinski definition) is 1. The Morgan fingerprint density at radius 3 is 2.81 bits per heavy atom. The quantitative estimate of drug-likeness (QED) is 0.668. The largest absolute Gasteiger partial charge is 0.389 e. The van der Waals surface area contributed by atoms with Gasteiger partial charge in [0.2, 0.25) is 0 Å². The Labute approximate surface area is 99.3 Å². The number of aliphatic hydroxyl groups excluding tert-OH is 1. The Balaban J connectivity index is 2.23. The standard InChI is InChI=1S/C15H24O/c1-10(2)13-5-6-15(9-13)8-11(3)14(16)7-12(15)4/h8,12-14,16H,1,5-7,9H2,2-4H3. The normalized spacial score (nSPS) is 43.5. The van der Waals surface area contributed by atoms with Crippen LogP contribution in [0.2, 0.25) is 0 Å². The maximum Gasteiger partial charge on any atom is 0.0750 e. The van der Waals surface area contributed by atoms with Crippen LogP contribution in [-0.4, -0.2) is 11.2 Å². The Bertz CT molecular complexity index is 328. The first-order chi connectivity index (χ1) is 7.44. The van der Waals surface area contributed by atoms with E-state index >= 15 is 0 Å². The third-order valence-corrected chi connectivity index (χ3v) is 4.88. The predicted molar refractivity (Wildman–Crippen MR) is 68.1 cm³/mol. The van der Waals surface area contributed by atoms with Crippen molar-refractivity contribution in [1.29, 1.82) is 0 Å². The Hall–Kier alpha value is -0.560. The molecule has 0 aliphatic heterocycles. The Morgan fingerprint density at radius 1 is 1.56 bits per heavy atom. The highest BCUT2D eigenvalue weighted by atomic mass is 16.3. The molecule has 1 spiro atoms. The minimum Gasteiger partial charge on any atom is -0.389 e. The van der Waals surface area contributed by atoms with Gasteiger partial charge >= 0.3 is 0 Å². The molecule has 2 aliphatic carbocycles. The van der Waals surface area contributed by atoms with Crippen molar-refractivity contribution < 1.29 is 5.11 Å². The highest BCUT2D eigenvalue weighted by Crippen LogP contribution is 2.53. The summed E-state index contributed by atoms with van der Waals surface area (Å²) in [5.41, 5.74) is 2.87. The fourth-order valence-corrected chi connectivity index (χ4v) is 3.55. The van der Waals surface area contributed by atoms with Crippen molar-refractivity contribution >= 4 is 0 Å². The topological polar surface area (TPSA) is 20.2 Å². The molecule has 1 fully saturated rings. The van der Waals surface area contributed by atoms with Crippen LogP contribution in [0.1, 0.15) is 46.5 Å². The van der Waals surface area contributed by atoms with Gasteiger partial charge in [-0.15, -0.1) is 0 Å². The van der Waals surface area contributed by atoms with E-state index in [-0.39, 0.29) is 6.10 Å². The van der Waals surface area contributed by atoms with Gasteiger partial charge in [-0.25, -0.2) is 0 Å². The number of allylic oxidation sites excluding steroid dienone is 2. The molecule has 0 saturated heterocycles. The van der Waals surface area contributed by atoms with Crippen molar-refractivity contribution in [3.05, 3.63) is 23.8 Å². The smallest absolute Gasteiger partial charge is 0.0750 e. The molecule has 0 aromatic carbocycles. The van der Waals surface area contributed by atoms with Gasteiger partial charge in [-0.05, 0) is 62.4 Å². The summed E-state index contributed by atoms with van der Waals surface area (Å²) < 4.78 is 0. The molecule has 4 atom stereocenters. The first-order valence-electron chi connectivity index (χ1n) is 6.47. The highest BCUT2D eigenvalue weighted by Gasteiger charge is 2.44. The zero-order chi connectivity index (χ0) is 11.9. The van der Waals surface area contributed by atoms with E-state index in [1.54, 1.807) is 0 Å². The zero-order valence-corrected chi connectivity index (χ0v) is 10.8. The summed E-state index contributed by atoms with van der Waals surface area (Å²) >= 11 is 0. The average Bonchev–Trinajstić information content (AvgIpc) is 2.61. The fraction of sp³-hybridized carbons (Fsp3) is 0.733. The van der Waals surface area contributed by atoms with Crippen LogP contribution in [0.3, 0.4) is 0 Å². The van der Waals surface area contributed by atoms with Crippen LogP contribution in [0.4, 0.5) is 0 Å². The molecular formula is C15H24O. The van der Waals surface area contributed by atoms with Gasteiger partial charge in [0.1, 0.15) is 0 Å². The summed E-state index contributed by atoms with van der Waals surface area (Å²) in [5.74, 6) is 1.30. The monoisotopic (exact) mass is 220 g/mol. The number of rotatable bonds is 1. The molecule has 0 radical (unpaired) electrons. The van der Waals surface area contributed by atoms with Gasteiger partial charge in [-0.1, -0.05) is 25.2 Å². The molecule has 0 aromatic rings. The van der Waals surface area contributed by atoms with E-state index in [2.05, 4.69) is 33.4 Å². The Kier molecular flexibility index (Phi) is 3.00. The molecule has 0 heterocycles. The predicted octanol–water partition coefficient (Wildman–Crippen LogP) is 3.70. The lowest BCUT2D eigenvalue weighted by Gasteiger charge is -2.39. The van der Waals surface area contributed by atoms with Gasteiger partial charge in [-0.3, -0.25) is 0 Å². The molecule has 16 heavy (non-hydrogen) atoms. The van der Waals surface area contributed by atoms with E-state index in [0.717, 1.165) is 6.42 Å². The minimum absolute atomic E-state index is 0.204. The summed E-state index contributed by atoms with van der Waals surface area (Å²) in [7, 11) is 0. The number of aliphatic hydroxyl groups is 1. The minimum atomic E-state index is -0.204. The van der Waals surface area contributed by atoms with E-state index in [0.29, 0.717) is 17.3 Å². The molecule has 90 valence electrons. The molecule has 0 amide bonds. The first-order valence-corrected chi connectivity index (χ1v) is 6.47. The molecule has 2 aliphatic rings. The van der Waals surface area contributed by atoms with Gasteiger partial charge in [0.25, 0.3) is 0 Å². The van der Waals surface area contributed by atoms with E-state index in [4.69, 9.17) is 0 Å². The van der Waals surface area contributed by atoms with Crippen LogP contribution in [0.5, 0.6) is 0 Å². The summed E-state index contributed by atoms with van der Waals surface area (Å²) in [6, 6.07) is 0. The maximum atomic E-state index is 9.88. The SMILES string of the molecule is C=C(C)C1CCC2(C=C(C)C(O)CC2C)C1. The van der Waals surface area contributed by atoms with Crippen molar-refractivity contribution in [2.75, 3.05) is 0 Å². The van der Waals surface area contributed by atoms with Gasteiger partial charge in [0, 0.05) is 0 Å². The van der Waals surface area contributed by atoms with Crippen molar-refractivity contribution in [3.8, 4) is 0 Å². The van der Waals surface area contributed by atoms with Crippen LogP contribution in [-0.2, 0) is 0 Å². The second-order valence-corrected chi connectivity index (χ2v) is 6.06. The second-order valence-electron chi connectivity index (χ2n) is 6.06. The van der Waals surface area contributed by atoms with Gasteiger partial charge in [0.15, 0.2) is 0 Å². The highest BCUT2D eigenvalue weighted by molar-refractivity contribution is 5.21. The van der Waals surface area contributed by atoms with E-state index in [1.165, 1.54) is 30.4 Å². The van der Waals surface area contributed by atoms with Crippen molar-refractivity contribution in [3.63, 3.8) is 0 Å². The van der Waals surface area contributed by atoms with Crippen molar-refractivity contribution in [2.24, 2.45) is 17.3 Å². The second kappa shape index (κ2) is 4.03. The molecule has 0 bridgehead atoms. The van der Waals surface area contributed by atoms with Crippen molar-refractivity contribution in [1.82, 2.24) is 0 Å². The molecule has 1 N–H and O–H groups in total. The number of hydrogen-bond donors (Lipinski definition) is 1. The van der Waals surface area contributed by atoms with Crippen LogP contribution < -0.4 is 0 Å². The third-order valence-electron chi connectivity index (χ3n) is 4.88. The molecule has 2 rings (SSSR count). The molecule has 1 heteroatoms. The third kappa shape index (κ3) is 1.86. The fourth-order valence-electron chi connectivity index (χ4n) is 3.55. The summed E-state index contributed by atoms with van der Waals surface area (Å²) in [5, 5.41) is 9.88. The lowest BCUT2D eigenvalue weighted by Crippen LogP contribution is -2.33. The van der Waals surface area contributed by atoms with E-state index in [9.17, 15) is 5.11 Å².